The molecule has 0 spiro atoms. The maximum absolute atomic E-state index is 12.5. The molecule has 1 amide bonds. The van der Waals surface area contributed by atoms with E-state index in [-0.39, 0.29) is 18.0 Å². The van der Waals surface area contributed by atoms with E-state index in [2.05, 4.69) is 17.1 Å². The second kappa shape index (κ2) is 6.21. The molecule has 19 heavy (non-hydrogen) atoms. The number of rotatable bonds is 4. The van der Waals surface area contributed by atoms with Crippen LogP contribution in [0.4, 0.5) is 0 Å². The average Bonchev–Trinajstić information content (AvgIpc) is 2.88. The van der Waals surface area contributed by atoms with E-state index in [1.165, 1.54) is 0 Å². The van der Waals surface area contributed by atoms with Crippen LogP contribution in [0.2, 0.25) is 0 Å². The van der Waals surface area contributed by atoms with Crippen molar-refractivity contribution >= 4 is 5.91 Å². The predicted octanol–water partition coefficient (Wildman–Crippen LogP) is 0.920. The molecule has 1 aromatic heterocycles. The lowest BCUT2D eigenvalue weighted by Gasteiger charge is -2.29. The fraction of sp³-hybridized carbons (Fsp3) is 0.643. The van der Waals surface area contributed by atoms with Gasteiger partial charge in [0.1, 0.15) is 11.8 Å². The van der Waals surface area contributed by atoms with Crippen LogP contribution in [0.1, 0.15) is 19.1 Å². The molecule has 0 radical (unpaired) electrons. The second-order valence-corrected chi connectivity index (χ2v) is 5.21. The molecule has 0 saturated carbocycles. The third kappa shape index (κ3) is 3.16. The summed E-state index contributed by atoms with van der Waals surface area (Å²) in [6.07, 6.45) is 2.67. The Morgan fingerprint density at radius 1 is 1.53 bits per heavy atom. The van der Waals surface area contributed by atoms with Crippen LogP contribution in [-0.2, 0) is 11.3 Å². The zero-order valence-corrected chi connectivity index (χ0v) is 11.9. The summed E-state index contributed by atoms with van der Waals surface area (Å²) in [5, 5.41) is 3.12. The van der Waals surface area contributed by atoms with Gasteiger partial charge in [-0.2, -0.15) is 0 Å². The Balaban J connectivity index is 2.15. The zero-order chi connectivity index (χ0) is 13.8. The number of hydrogen-bond acceptors (Lipinski definition) is 4. The third-order valence-corrected chi connectivity index (χ3v) is 3.91. The first kappa shape index (κ1) is 14.1. The molecule has 5 heteroatoms. The molecule has 5 nitrogen and oxygen atoms in total. The van der Waals surface area contributed by atoms with Crippen molar-refractivity contribution in [3.8, 4) is 0 Å². The number of likely N-dealkylation sites (N-methyl/N-ethyl adjacent to an activating group) is 2. The number of nitrogens with zero attached hydrogens (tertiary/aromatic N) is 2. The van der Waals surface area contributed by atoms with Gasteiger partial charge >= 0.3 is 0 Å². The molecule has 2 atom stereocenters. The van der Waals surface area contributed by atoms with Crippen LogP contribution in [0.15, 0.2) is 22.8 Å². The quantitative estimate of drug-likeness (QED) is 0.879. The zero-order valence-electron chi connectivity index (χ0n) is 11.9. The number of carbonyl (C=O) groups excluding carboxylic acids is 1. The first-order valence-corrected chi connectivity index (χ1v) is 6.81. The number of carbonyl (C=O) groups is 1. The van der Waals surface area contributed by atoms with Crippen molar-refractivity contribution in [2.24, 2.45) is 0 Å². The first-order chi connectivity index (χ1) is 9.13. The molecule has 1 aliphatic rings. The summed E-state index contributed by atoms with van der Waals surface area (Å²) in [5.41, 5.74) is 0. The van der Waals surface area contributed by atoms with Gasteiger partial charge in [0.05, 0.1) is 12.8 Å². The Labute approximate surface area is 114 Å². The number of furan rings is 1. The minimum absolute atomic E-state index is 0.120. The standard InChI is InChI=1S/C14H23N3O2/c1-11-6-7-17(10-12-5-4-8-19-12)13(9-15-2)14(18)16(11)3/h4-5,8,11,13,15H,6-7,9-10H2,1-3H3. The maximum atomic E-state index is 12.5. The fourth-order valence-electron chi connectivity index (χ4n) is 2.51. The summed E-state index contributed by atoms with van der Waals surface area (Å²) in [4.78, 5) is 16.6. The molecule has 2 unspecified atom stereocenters. The van der Waals surface area contributed by atoms with Gasteiger partial charge in [-0.15, -0.1) is 0 Å². The van der Waals surface area contributed by atoms with Gasteiger partial charge in [0.15, 0.2) is 0 Å². The highest BCUT2D eigenvalue weighted by Gasteiger charge is 2.33. The summed E-state index contributed by atoms with van der Waals surface area (Å²) in [7, 11) is 3.78. The molecule has 1 aliphatic heterocycles. The monoisotopic (exact) mass is 265 g/mol. The first-order valence-electron chi connectivity index (χ1n) is 6.81. The van der Waals surface area contributed by atoms with E-state index in [9.17, 15) is 4.79 Å². The van der Waals surface area contributed by atoms with Gasteiger partial charge in [0, 0.05) is 26.2 Å². The largest absolute Gasteiger partial charge is 0.468 e. The number of hydrogen-bond donors (Lipinski definition) is 1. The molecule has 2 rings (SSSR count). The van der Waals surface area contributed by atoms with E-state index in [0.717, 1.165) is 18.7 Å². The number of nitrogens with one attached hydrogen (secondary N) is 1. The molecule has 1 aromatic rings. The van der Waals surface area contributed by atoms with Crippen LogP contribution in [0, 0.1) is 0 Å². The van der Waals surface area contributed by atoms with E-state index < -0.39 is 0 Å². The van der Waals surface area contributed by atoms with Crippen molar-refractivity contribution in [2.45, 2.75) is 32.0 Å². The van der Waals surface area contributed by atoms with Crippen molar-refractivity contribution in [3.63, 3.8) is 0 Å². The summed E-state index contributed by atoms with van der Waals surface area (Å²) >= 11 is 0. The van der Waals surface area contributed by atoms with Crippen molar-refractivity contribution in [2.75, 3.05) is 27.2 Å². The smallest absolute Gasteiger partial charge is 0.241 e. The molecular weight excluding hydrogens is 242 g/mol. The predicted molar refractivity (Wildman–Crippen MR) is 73.7 cm³/mol. The summed E-state index contributed by atoms with van der Waals surface area (Å²) in [5.74, 6) is 1.09. The molecule has 106 valence electrons. The molecule has 0 aliphatic carbocycles. The SMILES string of the molecule is CNCC1C(=O)N(C)C(C)CCN1Cc1ccco1. The Kier molecular flexibility index (Phi) is 4.61. The molecule has 2 heterocycles. The normalized spacial score (nSPS) is 25.6. The van der Waals surface area contributed by atoms with Crippen molar-refractivity contribution in [1.82, 2.24) is 15.1 Å². The van der Waals surface area contributed by atoms with E-state index in [1.807, 2.05) is 31.1 Å². The lowest BCUT2D eigenvalue weighted by Crippen LogP contribution is -2.50. The molecule has 0 bridgehead atoms. The van der Waals surface area contributed by atoms with Gasteiger partial charge in [0.2, 0.25) is 5.91 Å². The van der Waals surface area contributed by atoms with Gasteiger partial charge in [-0.25, -0.2) is 0 Å². The van der Waals surface area contributed by atoms with Crippen molar-refractivity contribution in [3.05, 3.63) is 24.2 Å². The minimum Gasteiger partial charge on any atom is -0.468 e. The van der Waals surface area contributed by atoms with E-state index >= 15 is 0 Å². The highest BCUT2D eigenvalue weighted by molar-refractivity contribution is 5.82. The second-order valence-electron chi connectivity index (χ2n) is 5.21. The number of amides is 1. The van der Waals surface area contributed by atoms with Gasteiger partial charge in [-0.1, -0.05) is 0 Å². The third-order valence-electron chi connectivity index (χ3n) is 3.91. The van der Waals surface area contributed by atoms with E-state index in [4.69, 9.17) is 4.42 Å². The molecule has 0 aromatic carbocycles. The van der Waals surface area contributed by atoms with Crippen LogP contribution in [-0.4, -0.2) is 55.0 Å². The summed E-state index contributed by atoms with van der Waals surface area (Å²) < 4.78 is 5.41. The van der Waals surface area contributed by atoms with Crippen molar-refractivity contribution in [1.29, 1.82) is 0 Å². The molecular formula is C14H23N3O2. The Morgan fingerprint density at radius 3 is 2.95 bits per heavy atom. The Bertz CT molecular complexity index is 405. The molecule has 1 saturated heterocycles. The molecule has 1 fully saturated rings. The van der Waals surface area contributed by atoms with Gasteiger partial charge in [0.25, 0.3) is 0 Å². The highest BCUT2D eigenvalue weighted by Crippen LogP contribution is 2.18. The topological polar surface area (TPSA) is 48.7 Å². The van der Waals surface area contributed by atoms with Crippen LogP contribution in [0.25, 0.3) is 0 Å². The average molecular weight is 265 g/mol. The summed E-state index contributed by atoms with van der Waals surface area (Å²) in [6.45, 7) is 4.36. The van der Waals surface area contributed by atoms with Crippen molar-refractivity contribution < 1.29 is 9.21 Å². The maximum Gasteiger partial charge on any atom is 0.241 e. The Morgan fingerprint density at radius 2 is 2.32 bits per heavy atom. The van der Waals surface area contributed by atoms with Gasteiger partial charge in [-0.05, 0) is 32.5 Å². The van der Waals surface area contributed by atoms with Gasteiger partial charge in [-0.3, -0.25) is 9.69 Å². The Hall–Kier alpha value is -1.33. The van der Waals surface area contributed by atoms with E-state index in [1.54, 1.807) is 6.26 Å². The van der Waals surface area contributed by atoms with E-state index in [0.29, 0.717) is 13.1 Å². The molecule has 1 N–H and O–H groups in total. The minimum atomic E-state index is -0.120. The lowest BCUT2D eigenvalue weighted by molar-refractivity contribution is -0.135. The van der Waals surface area contributed by atoms with Crippen LogP contribution in [0.5, 0.6) is 0 Å². The van der Waals surface area contributed by atoms with Crippen LogP contribution in [0.3, 0.4) is 0 Å². The highest BCUT2D eigenvalue weighted by atomic mass is 16.3. The lowest BCUT2D eigenvalue weighted by atomic mass is 10.2. The van der Waals surface area contributed by atoms with Crippen LogP contribution >= 0.6 is 0 Å². The van der Waals surface area contributed by atoms with Gasteiger partial charge < -0.3 is 14.6 Å². The van der Waals surface area contributed by atoms with Crippen LogP contribution < -0.4 is 5.32 Å². The fourth-order valence-corrected chi connectivity index (χ4v) is 2.51. The summed E-state index contributed by atoms with van der Waals surface area (Å²) in [6, 6.07) is 4.01.